The highest BCUT2D eigenvalue weighted by Crippen LogP contribution is 2.18. The number of nitrogens with zero attached hydrogens (tertiary/aromatic N) is 1. The third-order valence-corrected chi connectivity index (χ3v) is 4.47. The zero-order chi connectivity index (χ0) is 13.8. The molecule has 1 aromatic carbocycles. The molecule has 0 atom stereocenters. The van der Waals surface area contributed by atoms with Gasteiger partial charge in [-0.1, -0.05) is 6.07 Å². The largest absolute Gasteiger partial charge is 0.329 e. The van der Waals surface area contributed by atoms with Crippen molar-refractivity contribution < 1.29 is 8.42 Å². The first kappa shape index (κ1) is 15.1. The number of hydrogen-bond donors (Lipinski definition) is 2. The molecule has 1 rings (SSSR count). The van der Waals surface area contributed by atoms with Crippen LogP contribution in [-0.2, 0) is 10.0 Å². The van der Waals surface area contributed by atoms with Crippen LogP contribution < -0.4 is 11.5 Å². The van der Waals surface area contributed by atoms with Gasteiger partial charge in [-0.3, -0.25) is 0 Å². The average molecular weight is 271 g/mol. The highest BCUT2D eigenvalue weighted by atomic mass is 32.2. The van der Waals surface area contributed by atoms with Gasteiger partial charge >= 0.3 is 0 Å². The van der Waals surface area contributed by atoms with Crippen molar-refractivity contribution in [2.24, 2.45) is 11.5 Å². The summed E-state index contributed by atoms with van der Waals surface area (Å²) >= 11 is 0. The van der Waals surface area contributed by atoms with Crippen molar-refractivity contribution in [1.82, 2.24) is 4.31 Å². The summed E-state index contributed by atoms with van der Waals surface area (Å²) in [5.74, 6) is 0. The SMILES string of the molecule is Cc1cc(C)cc(S(=O)(=O)N(CCN)CCN)c1. The number of benzene rings is 1. The molecular weight excluding hydrogens is 250 g/mol. The molecule has 0 spiro atoms. The molecule has 0 heterocycles. The van der Waals surface area contributed by atoms with Gasteiger partial charge in [0.2, 0.25) is 10.0 Å². The molecule has 1 aromatic rings. The Kier molecular flexibility index (Phi) is 5.28. The van der Waals surface area contributed by atoms with E-state index in [0.29, 0.717) is 4.90 Å². The zero-order valence-electron chi connectivity index (χ0n) is 10.9. The van der Waals surface area contributed by atoms with Crippen LogP contribution >= 0.6 is 0 Å². The second-order valence-corrected chi connectivity index (χ2v) is 6.24. The summed E-state index contributed by atoms with van der Waals surface area (Å²) in [7, 11) is -3.50. The predicted octanol–water partition coefficient (Wildman–Crippen LogP) is 0.212. The second kappa shape index (κ2) is 6.29. The van der Waals surface area contributed by atoms with Gasteiger partial charge in [0.15, 0.2) is 0 Å². The standard InChI is InChI=1S/C12H21N3O2S/c1-10-7-11(2)9-12(8-10)18(16,17)15(5-3-13)6-4-14/h7-9H,3-6,13-14H2,1-2H3. The molecule has 0 bridgehead atoms. The van der Waals surface area contributed by atoms with Gasteiger partial charge < -0.3 is 11.5 Å². The van der Waals surface area contributed by atoms with Crippen LogP contribution in [0, 0.1) is 13.8 Å². The molecule has 4 N–H and O–H groups in total. The lowest BCUT2D eigenvalue weighted by atomic mass is 10.2. The van der Waals surface area contributed by atoms with Gasteiger partial charge in [-0.2, -0.15) is 4.31 Å². The molecule has 102 valence electrons. The van der Waals surface area contributed by atoms with Gasteiger partial charge in [-0.05, 0) is 37.1 Å². The molecule has 0 aliphatic heterocycles. The van der Waals surface area contributed by atoms with Crippen LogP contribution in [0.4, 0.5) is 0 Å². The second-order valence-electron chi connectivity index (χ2n) is 4.30. The van der Waals surface area contributed by atoms with E-state index in [-0.39, 0.29) is 26.2 Å². The maximum Gasteiger partial charge on any atom is 0.243 e. The van der Waals surface area contributed by atoms with Crippen molar-refractivity contribution in [1.29, 1.82) is 0 Å². The monoisotopic (exact) mass is 271 g/mol. The van der Waals surface area contributed by atoms with Crippen LogP contribution in [0.3, 0.4) is 0 Å². The lowest BCUT2D eigenvalue weighted by molar-refractivity contribution is 0.426. The summed E-state index contributed by atoms with van der Waals surface area (Å²) < 4.78 is 26.2. The van der Waals surface area contributed by atoms with Gasteiger partial charge in [-0.15, -0.1) is 0 Å². The highest BCUT2D eigenvalue weighted by Gasteiger charge is 2.23. The maximum absolute atomic E-state index is 12.4. The molecule has 0 saturated heterocycles. The van der Waals surface area contributed by atoms with Gasteiger partial charge in [0, 0.05) is 26.2 Å². The molecule has 0 aliphatic carbocycles. The van der Waals surface area contributed by atoms with E-state index >= 15 is 0 Å². The fraction of sp³-hybridized carbons (Fsp3) is 0.500. The summed E-state index contributed by atoms with van der Waals surface area (Å²) in [4.78, 5) is 0.307. The maximum atomic E-state index is 12.4. The first-order valence-electron chi connectivity index (χ1n) is 5.90. The Bertz CT molecular complexity index is 474. The van der Waals surface area contributed by atoms with E-state index in [9.17, 15) is 8.42 Å². The Morgan fingerprint density at radius 3 is 1.83 bits per heavy atom. The average Bonchev–Trinajstić information content (AvgIpc) is 2.27. The van der Waals surface area contributed by atoms with E-state index in [4.69, 9.17) is 11.5 Å². The number of sulfonamides is 1. The summed E-state index contributed by atoms with van der Waals surface area (Å²) in [6.45, 7) is 4.89. The van der Waals surface area contributed by atoms with Crippen molar-refractivity contribution in [3.8, 4) is 0 Å². The Labute approximate surface area is 109 Å². The van der Waals surface area contributed by atoms with Gasteiger partial charge in [0.25, 0.3) is 0 Å². The summed E-state index contributed by atoms with van der Waals surface area (Å²) in [5.41, 5.74) is 12.7. The Balaban J connectivity index is 3.17. The summed E-state index contributed by atoms with van der Waals surface area (Å²) in [5, 5.41) is 0. The Morgan fingerprint density at radius 2 is 1.44 bits per heavy atom. The lowest BCUT2D eigenvalue weighted by Gasteiger charge is -2.21. The van der Waals surface area contributed by atoms with Crippen molar-refractivity contribution in [3.63, 3.8) is 0 Å². The van der Waals surface area contributed by atoms with Crippen LogP contribution in [0.15, 0.2) is 23.1 Å². The lowest BCUT2D eigenvalue weighted by Crippen LogP contribution is -2.38. The van der Waals surface area contributed by atoms with Crippen LogP contribution in [0.2, 0.25) is 0 Å². The summed E-state index contributed by atoms with van der Waals surface area (Å²) in [6.07, 6.45) is 0. The molecule has 5 nitrogen and oxygen atoms in total. The van der Waals surface area contributed by atoms with Crippen LogP contribution in [0.1, 0.15) is 11.1 Å². The van der Waals surface area contributed by atoms with Gasteiger partial charge in [0.1, 0.15) is 0 Å². The van der Waals surface area contributed by atoms with Crippen LogP contribution in [-0.4, -0.2) is 38.9 Å². The molecule has 0 saturated carbocycles. The first-order chi connectivity index (χ1) is 8.41. The van der Waals surface area contributed by atoms with Crippen molar-refractivity contribution in [2.45, 2.75) is 18.7 Å². The third kappa shape index (κ3) is 3.52. The molecule has 18 heavy (non-hydrogen) atoms. The first-order valence-corrected chi connectivity index (χ1v) is 7.34. The van der Waals surface area contributed by atoms with E-state index < -0.39 is 10.0 Å². The molecular formula is C12H21N3O2S. The minimum Gasteiger partial charge on any atom is -0.329 e. The van der Waals surface area contributed by atoms with Crippen molar-refractivity contribution in [2.75, 3.05) is 26.2 Å². The minimum absolute atomic E-state index is 0.282. The number of aryl methyl sites for hydroxylation is 2. The Morgan fingerprint density at radius 1 is 1.00 bits per heavy atom. The minimum atomic E-state index is -3.50. The van der Waals surface area contributed by atoms with Gasteiger partial charge in [0.05, 0.1) is 4.90 Å². The fourth-order valence-corrected chi connectivity index (χ4v) is 3.53. The van der Waals surface area contributed by atoms with Crippen LogP contribution in [0.5, 0.6) is 0 Å². The molecule has 0 aromatic heterocycles. The van der Waals surface area contributed by atoms with Crippen molar-refractivity contribution >= 4 is 10.0 Å². The van der Waals surface area contributed by atoms with Gasteiger partial charge in [-0.25, -0.2) is 8.42 Å². The predicted molar refractivity (Wildman–Crippen MR) is 72.8 cm³/mol. The molecule has 0 unspecified atom stereocenters. The van der Waals surface area contributed by atoms with Crippen molar-refractivity contribution in [3.05, 3.63) is 29.3 Å². The smallest absolute Gasteiger partial charge is 0.243 e. The molecule has 0 aliphatic rings. The number of rotatable bonds is 6. The fourth-order valence-electron chi connectivity index (χ4n) is 1.87. The quantitative estimate of drug-likeness (QED) is 0.774. The van der Waals surface area contributed by atoms with Crippen LogP contribution in [0.25, 0.3) is 0 Å². The molecule has 0 amide bonds. The van der Waals surface area contributed by atoms with E-state index in [0.717, 1.165) is 11.1 Å². The molecule has 6 heteroatoms. The van der Waals surface area contributed by atoms with E-state index in [1.165, 1.54) is 4.31 Å². The molecule has 0 radical (unpaired) electrons. The van der Waals surface area contributed by atoms with E-state index in [1.54, 1.807) is 12.1 Å². The number of hydrogen-bond acceptors (Lipinski definition) is 4. The highest BCUT2D eigenvalue weighted by molar-refractivity contribution is 7.89. The third-order valence-electron chi connectivity index (χ3n) is 2.59. The Hall–Kier alpha value is -0.950. The topological polar surface area (TPSA) is 89.4 Å². The normalized spacial score (nSPS) is 12.1. The number of nitrogens with two attached hydrogens (primary N) is 2. The van der Waals surface area contributed by atoms with E-state index in [1.807, 2.05) is 19.9 Å². The van der Waals surface area contributed by atoms with E-state index in [2.05, 4.69) is 0 Å². The zero-order valence-corrected chi connectivity index (χ0v) is 11.7. The summed E-state index contributed by atoms with van der Waals surface area (Å²) in [6, 6.07) is 5.28. The molecule has 0 fully saturated rings.